The van der Waals surface area contributed by atoms with Crippen molar-refractivity contribution in [3.8, 4) is 0 Å². The number of hydrogen-bond acceptors (Lipinski definition) is 6. The molecule has 2 rings (SSSR count). The van der Waals surface area contributed by atoms with Gasteiger partial charge in [-0.1, -0.05) is 6.58 Å². The van der Waals surface area contributed by atoms with Crippen LogP contribution >= 0.6 is 0 Å². The van der Waals surface area contributed by atoms with Gasteiger partial charge in [-0.25, -0.2) is 4.79 Å². The molecule has 2 aliphatic rings. The quantitative estimate of drug-likeness (QED) is 0.428. The second kappa shape index (κ2) is 10.2. The second-order valence-corrected chi connectivity index (χ2v) is 7.35. The summed E-state index contributed by atoms with van der Waals surface area (Å²) < 4.78 is 0. The van der Waals surface area contributed by atoms with Crippen LogP contribution in [0.5, 0.6) is 0 Å². The van der Waals surface area contributed by atoms with E-state index in [0.717, 1.165) is 24.4 Å². The summed E-state index contributed by atoms with van der Waals surface area (Å²) in [6.45, 7) is 9.07. The zero-order valence-corrected chi connectivity index (χ0v) is 16.7. The number of rotatable bonds is 9. The van der Waals surface area contributed by atoms with Gasteiger partial charge < -0.3 is 15.5 Å². The minimum Gasteiger partial charge on any atom is -0.355 e. The highest BCUT2D eigenvalue weighted by Gasteiger charge is 2.32. The Morgan fingerprint density at radius 1 is 1.18 bits per heavy atom. The molecule has 156 valence electrons. The van der Waals surface area contributed by atoms with E-state index >= 15 is 0 Å². The molecule has 2 N–H and O–H groups in total. The van der Waals surface area contributed by atoms with Crippen molar-refractivity contribution in [3.63, 3.8) is 0 Å². The minimum atomic E-state index is -0.611. The minimum absolute atomic E-state index is 0.0434. The number of likely N-dealkylation sites (tertiary alicyclic amines) is 1. The van der Waals surface area contributed by atoms with E-state index in [1.54, 1.807) is 0 Å². The Kier molecular flexibility index (Phi) is 7.98. The van der Waals surface area contributed by atoms with Crippen molar-refractivity contribution in [2.45, 2.75) is 64.5 Å². The number of amides is 3. The van der Waals surface area contributed by atoms with Gasteiger partial charge in [-0.05, 0) is 39.7 Å². The third kappa shape index (κ3) is 6.05. The number of hydroxylamine groups is 2. The number of hydrogen-bond donors (Lipinski definition) is 2. The fourth-order valence-electron chi connectivity index (χ4n) is 3.39. The number of carbonyl (C=O) groups excluding carboxylic acids is 4. The van der Waals surface area contributed by atoms with Gasteiger partial charge in [0.15, 0.2) is 0 Å². The number of allylic oxidation sites excluding steroid dienone is 1. The molecule has 0 spiro atoms. The zero-order chi connectivity index (χ0) is 20.7. The lowest BCUT2D eigenvalue weighted by Crippen LogP contribution is -2.46. The first-order valence-electron chi connectivity index (χ1n) is 9.81. The summed E-state index contributed by atoms with van der Waals surface area (Å²) in [5, 5.41) is 6.33. The molecule has 0 aliphatic carbocycles. The van der Waals surface area contributed by atoms with Gasteiger partial charge in [-0.2, -0.15) is 0 Å². The summed E-state index contributed by atoms with van der Waals surface area (Å²) in [7, 11) is 0. The number of carbonyl (C=O) groups is 4. The highest BCUT2D eigenvalue weighted by molar-refractivity contribution is 5.83. The maximum absolute atomic E-state index is 12.3. The van der Waals surface area contributed by atoms with Gasteiger partial charge in [0, 0.05) is 32.0 Å². The van der Waals surface area contributed by atoms with E-state index < -0.39 is 5.97 Å². The summed E-state index contributed by atoms with van der Waals surface area (Å²) in [4.78, 5) is 54.5. The maximum Gasteiger partial charge on any atom is 0.334 e. The summed E-state index contributed by atoms with van der Waals surface area (Å²) in [5.74, 6) is -1.21. The Morgan fingerprint density at radius 3 is 2.54 bits per heavy atom. The van der Waals surface area contributed by atoms with Crippen LogP contribution in [0.15, 0.2) is 12.3 Å². The van der Waals surface area contributed by atoms with Gasteiger partial charge in [0.1, 0.15) is 0 Å². The van der Waals surface area contributed by atoms with Crippen LogP contribution in [-0.4, -0.2) is 65.4 Å². The van der Waals surface area contributed by atoms with Crippen molar-refractivity contribution in [1.29, 1.82) is 0 Å². The molecular formula is C19H30N4O5. The predicted molar refractivity (Wildman–Crippen MR) is 101 cm³/mol. The fourth-order valence-corrected chi connectivity index (χ4v) is 3.39. The van der Waals surface area contributed by atoms with Crippen molar-refractivity contribution in [2.24, 2.45) is 0 Å². The third-order valence-electron chi connectivity index (χ3n) is 4.90. The van der Waals surface area contributed by atoms with E-state index in [1.165, 1.54) is 0 Å². The van der Waals surface area contributed by atoms with Gasteiger partial charge in [-0.3, -0.25) is 19.3 Å². The van der Waals surface area contributed by atoms with Crippen LogP contribution in [0.1, 0.15) is 52.4 Å². The van der Waals surface area contributed by atoms with E-state index in [4.69, 9.17) is 4.84 Å². The molecule has 2 fully saturated rings. The van der Waals surface area contributed by atoms with Crippen LogP contribution in [0.3, 0.4) is 0 Å². The van der Waals surface area contributed by atoms with Crippen LogP contribution in [0.25, 0.3) is 0 Å². The molecule has 1 atom stereocenters. The van der Waals surface area contributed by atoms with E-state index in [9.17, 15) is 19.2 Å². The molecule has 2 aliphatic heterocycles. The Balaban J connectivity index is 1.58. The lowest BCUT2D eigenvalue weighted by atomic mass is 10.2. The average Bonchev–Trinajstić information content (AvgIpc) is 3.24. The standard InChI is InChI=1S/C19H30N4O5/c1-13(2)22-12-4-5-15(22)19(27)21-10-8-16(24)20-11-9-18(26)28-23-14(3)6-7-17(23)25/h13,15H,3-12H2,1-2H3,(H,20,24)(H,21,27)/i1+1,2+1,8+1,10+1,13+1,16+1,18+1,20+1,22+1. The summed E-state index contributed by atoms with van der Waals surface area (Å²) in [6, 6.07) is 0.190. The molecule has 1 unspecified atom stereocenters. The molecular weight excluding hydrogens is 373 g/mol. The van der Waals surface area contributed by atoms with Gasteiger partial charge in [0.25, 0.3) is 5.91 Å². The van der Waals surface area contributed by atoms with Crippen molar-refractivity contribution in [1.82, 2.24) is 20.6 Å². The maximum atomic E-state index is 12.3. The Morgan fingerprint density at radius 2 is 1.89 bits per heavy atom. The summed E-state index contributed by atoms with van der Waals surface area (Å²) in [5.41, 5.74) is 0.455. The van der Waals surface area contributed by atoms with E-state index in [1.807, 2.05) is 0 Å². The molecule has 0 aromatic heterocycles. The molecule has 28 heavy (non-hydrogen) atoms. The molecule has 0 radical (unpaired) electrons. The third-order valence-corrected chi connectivity index (χ3v) is 4.90. The molecule has 0 aromatic carbocycles. The largest absolute Gasteiger partial charge is 0.355 e. The average molecular weight is 403 g/mol. The van der Waals surface area contributed by atoms with Crippen LogP contribution in [0.2, 0.25) is 0 Å². The van der Waals surface area contributed by atoms with Crippen LogP contribution in [0.4, 0.5) is 0 Å². The van der Waals surface area contributed by atoms with Crippen molar-refractivity contribution in [3.05, 3.63) is 12.3 Å². The van der Waals surface area contributed by atoms with Crippen molar-refractivity contribution < 1.29 is 24.0 Å². The molecule has 0 aromatic rings. The summed E-state index contributed by atoms with van der Waals surface area (Å²) >= 11 is 0. The van der Waals surface area contributed by atoms with E-state index in [0.29, 0.717) is 18.2 Å². The van der Waals surface area contributed by atoms with Crippen LogP contribution < -0.4 is 10.6 Å². The van der Waals surface area contributed by atoms with Crippen molar-refractivity contribution in [2.75, 3.05) is 19.6 Å². The topological polar surface area (TPSA) is 108 Å². The lowest BCUT2D eigenvalue weighted by Gasteiger charge is -2.27. The molecule has 2 heterocycles. The fraction of sp³-hybridized carbons (Fsp3) is 0.684. The first kappa shape index (κ1) is 21.9. The summed E-state index contributed by atoms with van der Waals surface area (Å²) in [6.07, 6.45) is 2.68. The van der Waals surface area contributed by atoms with Gasteiger partial charge in [0.2, 0.25) is 11.8 Å². The Hall–Kier alpha value is -2.42. The predicted octanol–water partition coefficient (Wildman–Crippen LogP) is 0.466. The molecule has 3 amide bonds. The normalized spacial score (nSPS) is 20.0. The van der Waals surface area contributed by atoms with Crippen LogP contribution in [0, 0.1) is 0 Å². The Bertz CT molecular complexity index is 618. The van der Waals surface area contributed by atoms with Gasteiger partial charge in [-0.15, -0.1) is 5.06 Å². The first-order chi connectivity index (χ1) is 13.3. The molecule has 0 bridgehead atoms. The van der Waals surface area contributed by atoms with E-state index in [-0.39, 0.29) is 56.1 Å². The smallest absolute Gasteiger partial charge is 0.334 e. The second-order valence-electron chi connectivity index (χ2n) is 7.35. The Labute approximate surface area is 165 Å². The van der Waals surface area contributed by atoms with Crippen molar-refractivity contribution >= 4 is 23.7 Å². The lowest BCUT2D eigenvalue weighted by molar-refractivity contribution is -0.186. The first-order valence-corrected chi connectivity index (χ1v) is 9.81. The van der Waals surface area contributed by atoms with E-state index in [2.05, 4.69) is 36.0 Å². The zero-order valence-electron chi connectivity index (χ0n) is 16.7. The molecule has 9 nitrogen and oxygen atoms in total. The monoisotopic (exact) mass is 403 g/mol. The van der Waals surface area contributed by atoms with Crippen LogP contribution in [-0.2, 0) is 24.0 Å². The SMILES string of the molecule is C=C1CCC(=O)N1O[13C](=O)CC[15NH][13C](=O)[13CH2][13CH2]NC(=O)C1CCC[15N]1[13CH]([13CH3])[13CH3]. The highest BCUT2D eigenvalue weighted by atomic mass is 16.8. The van der Waals surface area contributed by atoms with Gasteiger partial charge >= 0.3 is 5.97 Å². The molecule has 9 heteroatoms. The molecule has 0 saturated carbocycles. The highest BCUT2D eigenvalue weighted by Crippen LogP contribution is 2.21. The number of nitrogens with zero attached hydrogens (tertiary/aromatic N) is 2. The number of nitrogens with one attached hydrogen (secondary N) is 2. The molecule has 2 saturated heterocycles. The van der Waals surface area contributed by atoms with Gasteiger partial charge in [0.05, 0.1) is 18.2 Å².